The van der Waals surface area contributed by atoms with Gasteiger partial charge in [-0.2, -0.15) is 0 Å². The molecule has 2 aromatic rings. The Hall–Kier alpha value is -2.16. The van der Waals surface area contributed by atoms with Crippen LogP contribution in [-0.2, 0) is 0 Å². The minimum absolute atomic E-state index is 0.0422. The van der Waals surface area contributed by atoms with Crippen molar-refractivity contribution in [2.45, 2.75) is 6.42 Å². The highest BCUT2D eigenvalue weighted by atomic mass is 16.3. The number of carbonyl (C=O) groups is 2. The van der Waals surface area contributed by atoms with E-state index >= 15 is 0 Å². The smallest absolute Gasteiger partial charge is 0.167 e. The van der Waals surface area contributed by atoms with E-state index in [-0.39, 0.29) is 23.4 Å². The first-order chi connectivity index (χ1) is 8.75. The van der Waals surface area contributed by atoms with Crippen LogP contribution in [0.5, 0.6) is 0 Å². The Morgan fingerprint density at radius 1 is 1.00 bits per heavy atom. The molecule has 4 rings (SSSR count). The molecular weight excluding hydrogens is 228 g/mol. The molecule has 1 aromatic carbocycles. The van der Waals surface area contributed by atoms with Gasteiger partial charge in [-0.1, -0.05) is 6.07 Å². The summed E-state index contributed by atoms with van der Waals surface area (Å²) in [4.78, 5) is 24.2. The lowest BCUT2D eigenvalue weighted by Gasteiger charge is -2.13. The molecule has 3 heteroatoms. The minimum Gasteiger partial charge on any atom is -0.464 e. The first-order valence-corrected chi connectivity index (χ1v) is 6.02. The predicted octanol–water partition coefficient (Wildman–Crippen LogP) is 2.96. The SMILES string of the molecule is O=C1c2ccc(-c3ccco3)cc2C(=O)[C@@H]2C[C@H]12. The number of fused-ring (bicyclic) bond motifs is 2. The Balaban J connectivity index is 1.89. The topological polar surface area (TPSA) is 47.3 Å². The summed E-state index contributed by atoms with van der Waals surface area (Å²) in [7, 11) is 0. The Bertz CT molecular complexity index is 667. The number of ketones is 2. The van der Waals surface area contributed by atoms with Gasteiger partial charge in [-0.15, -0.1) is 0 Å². The first-order valence-electron chi connectivity index (χ1n) is 6.02. The van der Waals surface area contributed by atoms with Crippen LogP contribution >= 0.6 is 0 Å². The summed E-state index contributed by atoms with van der Waals surface area (Å²) in [6.07, 6.45) is 2.32. The quantitative estimate of drug-likeness (QED) is 0.767. The average molecular weight is 238 g/mol. The van der Waals surface area contributed by atoms with Gasteiger partial charge in [-0.3, -0.25) is 9.59 Å². The average Bonchev–Trinajstić information content (AvgIpc) is 3.02. The zero-order chi connectivity index (χ0) is 12.3. The second-order valence-corrected chi connectivity index (χ2v) is 4.91. The van der Waals surface area contributed by atoms with Gasteiger partial charge >= 0.3 is 0 Å². The molecule has 18 heavy (non-hydrogen) atoms. The van der Waals surface area contributed by atoms with Gasteiger partial charge in [0.1, 0.15) is 5.76 Å². The van der Waals surface area contributed by atoms with E-state index in [4.69, 9.17) is 4.42 Å². The van der Waals surface area contributed by atoms with Crippen LogP contribution in [0.15, 0.2) is 41.0 Å². The molecule has 0 unspecified atom stereocenters. The van der Waals surface area contributed by atoms with Crippen molar-refractivity contribution in [1.82, 2.24) is 0 Å². The van der Waals surface area contributed by atoms with Crippen LogP contribution < -0.4 is 0 Å². The standard InChI is InChI=1S/C15H10O3/c16-14-9-4-3-8(13-2-1-5-18-13)6-10(9)15(17)12-7-11(12)14/h1-6,11-12H,7H2/t11-,12+/m0/s1. The summed E-state index contributed by atoms with van der Waals surface area (Å²) >= 11 is 0. The van der Waals surface area contributed by atoms with Crippen molar-refractivity contribution >= 4 is 11.6 Å². The fourth-order valence-electron chi connectivity index (χ4n) is 2.73. The maximum atomic E-state index is 12.1. The monoisotopic (exact) mass is 238 g/mol. The molecule has 3 nitrogen and oxygen atoms in total. The fraction of sp³-hybridized carbons (Fsp3) is 0.200. The summed E-state index contributed by atoms with van der Waals surface area (Å²) in [5.74, 6) is 0.857. The number of rotatable bonds is 1. The lowest BCUT2D eigenvalue weighted by Crippen LogP contribution is -2.20. The minimum atomic E-state index is -0.0585. The van der Waals surface area contributed by atoms with E-state index in [9.17, 15) is 9.59 Å². The molecule has 1 saturated carbocycles. The third kappa shape index (κ3) is 1.19. The van der Waals surface area contributed by atoms with Crippen LogP contribution in [0.3, 0.4) is 0 Å². The molecular formula is C15H10O3. The Kier molecular flexibility index (Phi) is 1.74. The molecule has 0 amide bonds. The second-order valence-electron chi connectivity index (χ2n) is 4.91. The van der Waals surface area contributed by atoms with Gasteiger partial charge in [-0.25, -0.2) is 0 Å². The summed E-state index contributed by atoms with van der Waals surface area (Å²) < 4.78 is 5.31. The molecule has 1 fully saturated rings. The molecule has 0 N–H and O–H groups in total. The van der Waals surface area contributed by atoms with Crippen LogP contribution in [-0.4, -0.2) is 11.6 Å². The number of Topliss-reactive ketones (excluding diaryl/α,β-unsaturated/α-hetero) is 2. The van der Waals surface area contributed by atoms with Gasteiger partial charge in [0.2, 0.25) is 0 Å². The normalized spacial score (nSPS) is 24.7. The van der Waals surface area contributed by atoms with Crippen molar-refractivity contribution in [3.63, 3.8) is 0 Å². The van der Waals surface area contributed by atoms with Crippen molar-refractivity contribution < 1.29 is 14.0 Å². The summed E-state index contributed by atoms with van der Waals surface area (Å²) in [5, 5.41) is 0. The summed E-state index contributed by atoms with van der Waals surface area (Å²) in [5.41, 5.74) is 1.99. The van der Waals surface area contributed by atoms with Crippen molar-refractivity contribution in [3.05, 3.63) is 47.7 Å². The highest BCUT2D eigenvalue weighted by Gasteiger charge is 2.52. The zero-order valence-electron chi connectivity index (χ0n) is 9.55. The second kappa shape index (κ2) is 3.19. The predicted molar refractivity (Wildman–Crippen MR) is 64.4 cm³/mol. The highest BCUT2D eigenvalue weighted by molar-refractivity contribution is 6.19. The van der Waals surface area contributed by atoms with Crippen LogP contribution in [0.1, 0.15) is 27.1 Å². The molecule has 88 valence electrons. The van der Waals surface area contributed by atoms with Crippen LogP contribution in [0, 0.1) is 11.8 Å². The molecule has 0 bridgehead atoms. The van der Waals surface area contributed by atoms with Crippen molar-refractivity contribution in [3.8, 4) is 11.3 Å². The molecule has 2 aliphatic rings. The van der Waals surface area contributed by atoms with Gasteiger partial charge in [0.15, 0.2) is 11.6 Å². The highest BCUT2D eigenvalue weighted by Crippen LogP contribution is 2.48. The molecule has 0 saturated heterocycles. The van der Waals surface area contributed by atoms with E-state index in [2.05, 4.69) is 0 Å². The molecule has 1 heterocycles. The zero-order valence-corrected chi connectivity index (χ0v) is 9.55. The van der Waals surface area contributed by atoms with E-state index in [0.717, 1.165) is 17.7 Å². The summed E-state index contributed by atoms with van der Waals surface area (Å²) in [6.45, 7) is 0. The van der Waals surface area contributed by atoms with E-state index < -0.39 is 0 Å². The van der Waals surface area contributed by atoms with E-state index in [1.807, 2.05) is 12.1 Å². The number of hydrogen-bond donors (Lipinski definition) is 0. The first kappa shape index (κ1) is 9.83. The van der Waals surface area contributed by atoms with Crippen molar-refractivity contribution in [2.24, 2.45) is 11.8 Å². The van der Waals surface area contributed by atoms with Gasteiger partial charge in [0.25, 0.3) is 0 Å². The lowest BCUT2D eigenvalue weighted by atomic mass is 9.88. The third-order valence-corrected chi connectivity index (χ3v) is 3.82. The van der Waals surface area contributed by atoms with Crippen molar-refractivity contribution in [2.75, 3.05) is 0 Å². The van der Waals surface area contributed by atoms with Crippen LogP contribution in [0.2, 0.25) is 0 Å². The van der Waals surface area contributed by atoms with E-state index in [1.54, 1.807) is 24.5 Å². The van der Waals surface area contributed by atoms with Gasteiger partial charge < -0.3 is 4.42 Å². The number of furan rings is 1. The molecule has 0 radical (unpaired) electrons. The van der Waals surface area contributed by atoms with Crippen LogP contribution in [0.4, 0.5) is 0 Å². The van der Waals surface area contributed by atoms with Gasteiger partial charge in [-0.05, 0) is 30.7 Å². The molecule has 0 spiro atoms. The lowest BCUT2D eigenvalue weighted by molar-refractivity contribution is 0.0878. The maximum absolute atomic E-state index is 12.1. The van der Waals surface area contributed by atoms with Crippen molar-refractivity contribution in [1.29, 1.82) is 0 Å². The third-order valence-electron chi connectivity index (χ3n) is 3.82. The molecule has 2 atom stereocenters. The van der Waals surface area contributed by atoms with Gasteiger partial charge in [0.05, 0.1) is 6.26 Å². The maximum Gasteiger partial charge on any atom is 0.167 e. The van der Waals surface area contributed by atoms with Crippen LogP contribution in [0.25, 0.3) is 11.3 Å². The fourth-order valence-corrected chi connectivity index (χ4v) is 2.73. The number of carbonyl (C=O) groups excluding carboxylic acids is 2. The Labute approximate surface area is 103 Å². The molecule has 0 aliphatic heterocycles. The Morgan fingerprint density at radius 3 is 2.50 bits per heavy atom. The number of benzene rings is 1. The molecule has 1 aromatic heterocycles. The molecule has 2 aliphatic carbocycles. The van der Waals surface area contributed by atoms with E-state index in [1.165, 1.54) is 0 Å². The van der Waals surface area contributed by atoms with Gasteiger partial charge in [0, 0.05) is 28.5 Å². The number of hydrogen-bond acceptors (Lipinski definition) is 3. The van der Waals surface area contributed by atoms with E-state index in [0.29, 0.717) is 11.1 Å². The summed E-state index contributed by atoms with van der Waals surface area (Å²) in [6, 6.07) is 9.02. The largest absolute Gasteiger partial charge is 0.464 e. The Morgan fingerprint density at radius 2 is 1.78 bits per heavy atom.